The number of allylic oxidation sites excluding steroid dienone is 1. The van der Waals surface area contributed by atoms with Crippen LogP contribution in [0.4, 0.5) is 0 Å². The van der Waals surface area contributed by atoms with Gasteiger partial charge in [0.15, 0.2) is 0 Å². The van der Waals surface area contributed by atoms with Gasteiger partial charge in [-0.3, -0.25) is 0 Å². The molecule has 1 aliphatic carbocycles. The molecule has 52 valence electrons. The predicted octanol–water partition coefficient (Wildman–Crippen LogP) is 1.83. The Bertz CT molecular complexity index is 132. The Hall–Kier alpha value is -0.300. The molecule has 0 aromatic rings. The predicted molar refractivity (Wildman–Crippen MR) is 40.2 cm³/mol. The lowest BCUT2D eigenvalue weighted by atomic mass is 10.1. The summed E-state index contributed by atoms with van der Waals surface area (Å²) in [6.45, 7) is 4.28. The van der Waals surface area contributed by atoms with Gasteiger partial charge in [0.2, 0.25) is 0 Å². The first-order valence-corrected chi connectivity index (χ1v) is 3.65. The number of rotatable bonds is 2. The lowest BCUT2D eigenvalue weighted by Gasteiger charge is -2.07. The van der Waals surface area contributed by atoms with Crippen molar-refractivity contribution in [3.8, 4) is 0 Å². The lowest BCUT2D eigenvalue weighted by Crippen LogP contribution is -2.22. The molecular weight excluding hydrogens is 110 g/mol. The average molecular weight is 125 g/mol. The van der Waals surface area contributed by atoms with Gasteiger partial charge in [-0.25, -0.2) is 0 Å². The number of hydrogen-bond acceptors (Lipinski definition) is 1. The van der Waals surface area contributed by atoms with Gasteiger partial charge in [-0.1, -0.05) is 18.6 Å². The second-order valence-corrected chi connectivity index (χ2v) is 2.95. The Kier molecular flexibility index (Phi) is 1.62. The van der Waals surface area contributed by atoms with Gasteiger partial charge >= 0.3 is 0 Å². The van der Waals surface area contributed by atoms with Crippen molar-refractivity contribution in [3.05, 3.63) is 11.6 Å². The Morgan fingerprint density at radius 1 is 1.67 bits per heavy atom. The van der Waals surface area contributed by atoms with Crippen LogP contribution in [-0.4, -0.2) is 5.54 Å². The van der Waals surface area contributed by atoms with Crippen LogP contribution in [0.15, 0.2) is 11.6 Å². The van der Waals surface area contributed by atoms with Gasteiger partial charge in [-0.05, 0) is 26.2 Å². The van der Waals surface area contributed by atoms with Gasteiger partial charge in [0, 0.05) is 5.54 Å². The van der Waals surface area contributed by atoms with Crippen molar-refractivity contribution in [1.82, 2.24) is 0 Å². The minimum absolute atomic E-state index is 0.121. The largest absolute Gasteiger partial charge is 0.322 e. The van der Waals surface area contributed by atoms with E-state index < -0.39 is 0 Å². The highest BCUT2D eigenvalue weighted by atomic mass is 14.8. The summed E-state index contributed by atoms with van der Waals surface area (Å²) in [5.41, 5.74) is 7.41. The van der Waals surface area contributed by atoms with Gasteiger partial charge in [-0.2, -0.15) is 0 Å². The van der Waals surface area contributed by atoms with Gasteiger partial charge in [0.1, 0.15) is 0 Å². The van der Waals surface area contributed by atoms with Crippen LogP contribution in [-0.2, 0) is 0 Å². The first kappa shape index (κ1) is 6.81. The molecule has 1 rings (SSSR count). The van der Waals surface area contributed by atoms with Crippen LogP contribution in [0.1, 0.15) is 33.1 Å². The van der Waals surface area contributed by atoms with E-state index in [1.54, 1.807) is 0 Å². The molecule has 0 amide bonds. The normalized spacial score (nSPS) is 24.1. The molecule has 2 N–H and O–H groups in total. The third-order valence-corrected chi connectivity index (χ3v) is 2.08. The highest BCUT2D eigenvalue weighted by Gasteiger charge is 2.39. The van der Waals surface area contributed by atoms with Crippen molar-refractivity contribution in [3.63, 3.8) is 0 Å². The molecule has 0 aromatic heterocycles. The molecule has 1 heteroatoms. The Morgan fingerprint density at radius 3 is 2.56 bits per heavy atom. The van der Waals surface area contributed by atoms with Crippen molar-refractivity contribution in [2.24, 2.45) is 5.73 Å². The molecular formula is C8H15N. The Morgan fingerprint density at radius 2 is 2.22 bits per heavy atom. The molecule has 0 unspecified atom stereocenters. The third-order valence-electron chi connectivity index (χ3n) is 2.08. The molecule has 1 saturated carbocycles. The standard InChI is InChI=1S/C8H15N/c1-3-4-7(2)8(9)5-6-8/h4H,3,5-6,9H2,1-2H3/b7-4+. The van der Waals surface area contributed by atoms with E-state index in [1.165, 1.54) is 18.4 Å². The minimum atomic E-state index is 0.121. The zero-order chi connectivity index (χ0) is 6.91. The summed E-state index contributed by atoms with van der Waals surface area (Å²) in [5, 5.41) is 0. The molecule has 0 spiro atoms. The highest BCUT2D eigenvalue weighted by Crippen LogP contribution is 2.38. The zero-order valence-corrected chi connectivity index (χ0v) is 6.28. The molecule has 0 atom stereocenters. The maximum atomic E-state index is 5.91. The number of nitrogens with two attached hydrogens (primary N) is 1. The Labute approximate surface area is 56.9 Å². The first-order chi connectivity index (χ1) is 4.19. The molecule has 0 aromatic carbocycles. The average Bonchev–Trinajstić information content (AvgIpc) is 2.50. The van der Waals surface area contributed by atoms with E-state index in [4.69, 9.17) is 5.73 Å². The zero-order valence-electron chi connectivity index (χ0n) is 6.28. The topological polar surface area (TPSA) is 26.0 Å². The second-order valence-electron chi connectivity index (χ2n) is 2.95. The fourth-order valence-electron chi connectivity index (χ4n) is 1.04. The van der Waals surface area contributed by atoms with Crippen LogP contribution in [0.3, 0.4) is 0 Å². The van der Waals surface area contributed by atoms with Crippen LogP contribution in [0.5, 0.6) is 0 Å². The molecule has 0 saturated heterocycles. The maximum absolute atomic E-state index is 5.91. The van der Waals surface area contributed by atoms with E-state index >= 15 is 0 Å². The van der Waals surface area contributed by atoms with Crippen LogP contribution < -0.4 is 5.73 Å². The lowest BCUT2D eigenvalue weighted by molar-refractivity contribution is 0.786. The van der Waals surface area contributed by atoms with E-state index in [9.17, 15) is 0 Å². The fraction of sp³-hybridized carbons (Fsp3) is 0.750. The smallest absolute Gasteiger partial charge is 0.0367 e. The molecule has 1 fully saturated rings. The SMILES string of the molecule is CC/C=C(\C)C1(N)CC1. The molecule has 0 heterocycles. The third kappa shape index (κ3) is 1.33. The minimum Gasteiger partial charge on any atom is -0.322 e. The summed E-state index contributed by atoms with van der Waals surface area (Å²) < 4.78 is 0. The van der Waals surface area contributed by atoms with E-state index in [-0.39, 0.29) is 5.54 Å². The molecule has 0 bridgehead atoms. The molecule has 9 heavy (non-hydrogen) atoms. The van der Waals surface area contributed by atoms with Crippen molar-refractivity contribution in [1.29, 1.82) is 0 Å². The highest BCUT2D eigenvalue weighted by molar-refractivity contribution is 5.24. The summed E-state index contributed by atoms with van der Waals surface area (Å²) in [6.07, 6.45) is 5.72. The summed E-state index contributed by atoms with van der Waals surface area (Å²) in [7, 11) is 0. The second kappa shape index (κ2) is 2.14. The van der Waals surface area contributed by atoms with E-state index in [0.29, 0.717) is 0 Å². The van der Waals surface area contributed by atoms with Gasteiger partial charge in [0.05, 0.1) is 0 Å². The van der Waals surface area contributed by atoms with E-state index in [2.05, 4.69) is 19.9 Å². The Balaban J connectivity index is 2.51. The van der Waals surface area contributed by atoms with Crippen molar-refractivity contribution in [2.45, 2.75) is 38.6 Å². The van der Waals surface area contributed by atoms with Gasteiger partial charge < -0.3 is 5.73 Å². The van der Waals surface area contributed by atoms with E-state index in [1.807, 2.05) is 0 Å². The number of hydrogen-bond donors (Lipinski definition) is 1. The van der Waals surface area contributed by atoms with Crippen molar-refractivity contribution in [2.75, 3.05) is 0 Å². The summed E-state index contributed by atoms with van der Waals surface area (Å²) in [6, 6.07) is 0. The molecule has 1 nitrogen and oxygen atoms in total. The quantitative estimate of drug-likeness (QED) is 0.560. The van der Waals surface area contributed by atoms with Gasteiger partial charge in [0.25, 0.3) is 0 Å². The maximum Gasteiger partial charge on any atom is 0.0367 e. The fourth-order valence-corrected chi connectivity index (χ4v) is 1.04. The molecule has 0 radical (unpaired) electrons. The monoisotopic (exact) mass is 125 g/mol. The van der Waals surface area contributed by atoms with Crippen LogP contribution in [0.2, 0.25) is 0 Å². The molecule has 0 aliphatic heterocycles. The van der Waals surface area contributed by atoms with Crippen LogP contribution in [0, 0.1) is 0 Å². The van der Waals surface area contributed by atoms with Crippen molar-refractivity contribution < 1.29 is 0 Å². The first-order valence-electron chi connectivity index (χ1n) is 3.65. The van der Waals surface area contributed by atoms with Gasteiger partial charge in [-0.15, -0.1) is 0 Å². The van der Waals surface area contributed by atoms with E-state index in [0.717, 1.165) is 6.42 Å². The van der Waals surface area contributed by atoms with Crippen molar-refractivity contribution >= 4 is 0 Å². The van der Waals surface area contributed by atoms with Crippen LogP contribution in [0.25, 0.3) is 0 Å². The summed E-state index contributed by atoms with van der Waals surface area (Å²) in [5.74, 6) is 0. The molecule has 1 aliphatic rings. The summed E-state index contributed by atoms with van der Waals surface area (Å²) >= 11 is 0. The van der Waals surface area contributed by atoms with Crippen LogP contribution >= 0.6 is 0 Å². The summed E-state index contributed by atoms with van der Waals surface area (Å²) in [4.78, 5) is 0.